The molecule has 2 rings (SSSR count). The Labute approximate surface area is 103 Å². The number of Topliss-reactive ketones (excluding diaryl/α,β-unsaturated/α-hetero) is 1. The second-order valence-corrected chi connectivity index (χ2v) is 3.90. The number of nitrogens with zero attached hydrogens (tertiary/aromatic N) is 2. The van der Waals surface area contributed by atoms with Crippen LogP contribution >= 0.6 is 0 Å². The van der Waals surface area contributed by atoms with Gasteiger partial charge in [0.15, 0.2) is 11.5 Å². The normalized spacial score (nSPS) is 10.5. The average Bonchev–Trinajstić information content (AvgIpc) is 2.95. The molecule has 2 aromatic heterocycles. The fraction of sp³-hybridized carbons (Fsp3) is 0.250. The maximum atomic E-state index is 11.0. The molecule has 0 radical (unpaired) electrons. The van der Waals surface area contributed by atoms with Crippen LogP contribution in [0.15, 0.2) is 28.8 Å². The van der Waals surface area contributed by atoms with Crippen LogP contribution in [0, 0.1) is 0 Å². The summed E-state index contributed by atoms with van der Waals surface area (Å²) in [7, 11) is 0. The molecule has 0 saturated carbocycles. The summed E-state index contributed by atoms with van der Waals surface area (Å²) < 4.78 is 6.95. The molecule has 0 atom stereocenters. The van der Waals surface area contributed by atoms with E-state index in [9.17, 15) is 9.59 Å². The third-order valence-corrected chi connectivity index (χ3v) is 2.49. The van der Waals surface area contributed by atoms with Crippen molar-refractivity contribution in [2.75, 3.05) is 0 Å². The number of hydrogen-bond donors (Lipinski definition) is 1. The second-order valence-electron chi connectivity index (χ2n) is 3.90. The van der Waals surface area contributed by atoms with Gasteiger partial charge >= 0.3 is 0 Å². The van der Waals surface area contributed by atoms with Gasteiger partial charge in [-0.25, -0.2) is 0 Å². The van der Waals surface area contributed by atoms with Crippen LogP contribution in [0.2, 0.25) is 0 Å². The van der Waals surface area contributed by atoms with Crippen LogP contribution in [0.25, 0.3) is 0 Å². The van der Waals surface area contributed by atoms with Crippen molar-refractivity contribution in [2.45, 2.75) is 19.9 Å². The van der Waals surface area contributed by atoms with Crippen molar-refractivity contribution in [2.24, 2.45) is 5.73 Å². The van der Waals surface area contributed by atoms with Crippen molar-refractivity contribution in [1.82, 2.24) is 9.78 Å². The van der Waals surface area contributed by atoms with Crippen molar-refractivity contribution in [3.8, 4) is 0 Å². The molecule has 0 fully saturated rings. The number of aromatic nitrogens is 2. The number of hydrogen-bond acceptors (Lipinski definition) is 4. The number of carbonyl (C=O) groups excluding carboxylic acids is 2. The molecule has 0 unspecified atom stereocenters. The number of aryl methyl sites for hydroxylation is 2. The van der Waals surface area contributed by atoms with Gasteiger partial charge in [0.25, 0.3) is 5.91 Å². The fourth-order valence-electron chi connectivity index (χ4n) is 1.54. The average molecular weight is 247 g/mol. The number of primary amides is 1. The van der Waals surface area contributed by atoms with E-state index in [4.69, 9.17) is 10.2 Å². The minimum atomic E-state index is -0.550. The molecule has 2 aromatic rings. The van der Waals surface area contributed by atoms with Crippen molar-refractivity contribution in [1.29, 1.82) is 0 Å². The molecule has 0 spiro atoms. The van der Waals surface area contributed by atoms with E-state index >= 15 is 0 Å². The standard InChI is InChI=1S/C12H13N3O3/c1-8(16)11-3-2-9(18-11)4-6-15-7-5-10(14-15)12(13)17/h2-3,5,7H,4,6H2,1H3,(H2,13,17). The summed E-state index contributed by atoms with van der Waals surface area (Å²) in [5.41, 5.74) is 5.34. The smallest absolute Gasteiger partial charge is 0.269 e. The van der Waals surface area contributed by atoms with E-state index in [0.717, 1.165) is 0 Å². The summed E-state index contributed by atoms with van der Waals surface area (Å²) in [6, 6.07) is 4.97. The van der Waals surface area contributed by atoms with Crippen LogP contribution < -0.4 is 5.73 Å². The Morgan fingerprint density at radius 1 is 1.39 bits per heavy atom. The van der Waals surface area contributed by atoms with Gasteiger partial charge in [-0.1, -0.05) is 0 Å². The van der Waals surface area contributed by atoms with Crippen LogP contribution in [0.4, 0.5) is 0 Å². The molecule has 0 bridgehead atoms. The number of nitrogens with two attached hydrogens (primary N) is 1. The lowest BCUT2D eigenvalue weighted by molar-refractivity contribution is 0.0980. The zero-order chi connectivity index (χ0) is 13.1. The third-order valence-electron chi connectivity index (χ3n) is 2.49. The molecule has 0 aromatic carbocycles. The molecular formula is C12H13N3O3. The largest absolute Gasteiger partial charge is 0.458 e. The van der Waals surface area contributed by atoms with E-state index in [1.165, 1.54) is 6.92 Å². The van der Waals surface area contributed by atoms with Gasteiger partial charge in [0.05, 0.1) is 0 Å². The quantitative estimate of drug-likeness (QED) is 0.798. The minimum Gasteiger partial charge on any atom is -0.458 e. The van der Waals surface area contributed by atoms with Gasteiger partial charge in [-0.3, -0.25) is 14.3 Å². The molecule has 18 heavy (non-hydrogen) atoms. The van der Waals surface area contributed by atoms with Crippen LogP contribution in [0.1, 0.15) is 33.7 Å². The first kappa shape index (κ1) is 12.1. The van der Waals surface area contributed by atoms with Crippen LogP contribution in [-0.2, 0) is 13.0 Å². The van der Waals surface area contributed by atoms with Gasteiger partial charge in [0.2, 0.25) is 0 Å². The van der Waals surface area contributed by atoms with Crippen LogP contribution in [-0.4, -0.2) is 21.5 Å². The van der Waals surface area contributed by atoms with Crippen molar-refractivity contribution < 1.29 is 14.0 Å². The second kappa shape index (κ2) is 4.87. The van der Waals surface area contributed by atoms with Gasteiger partial charge in [-0.05, 0) is 18.2 Å². The monoisotopic (exact) mass is 247 g/mol. The van der Waals surface area contributed by atoms with Crippen molar-refractivity contribution in [3.63, 3.8) is 0 Å². The SMILES string of the molecule is CC(=O)c1ccc(CCn2ccc(C(N)=O)n2)o1. The Hall–Kier alpha value is -2.37. The van der Waals surface area contributed by atoms with E-state index in [1.54, 1.807) is 29.1 Å². The Morgan fingerprint density at radius 3 is 2.72 bits per heavy atom. The van der Waals surface area contributed by atoms with Gasteiger partial charge in [0, 0.05) is 26.1 Å². The lowest BCUT2D eigenvalue weighted by atomic mass is 10.3. The molecular weight excluding hydrogens is 234 g/mol. The van der Waals surface area contributed by atoms with Gasteiger partial charge < -0.3 is 10.2 Å². The molecule has 1 amide bonds. The summed E-state index contributed by atoms with van der Waals surface area (Å²) in [5.74, 6) is 0.404. The Bertz CT molecular complexity index is 531. The van der Waals surface area contributed by atoms with E-state index in [0.29, 0.717) is 24.5 Å². The molecule has 0 aliphatic rings. The Balaban J connectivity index is 1.97. The molecule has 0 saturated heterocycles. The molecule has 6 nitrogen and oxygen atoms in total. The van der Waals surface area contributed by atoms with Crippen molar-refractivity contribution >= 4 is 11.7 Å². The fourth-order valence-corrected chi connectivity index (χ4v) is 1.54. The molecule has 2 heterocycles. The summed E-state index contributed by atoms with van der Waals surface area (Å²) >= 11 is 0. The highest BCUT2D eigenvalue weighted by molar-refractivity contribution is 5.91. The maximum Gasteiger partial charge on any atom is 0.269 e. The number of amides is 1. The first-order valence-corrected chi connectivity index (χ1v) is 5.49. The highest BCUT2D eigenvalue weighted by Crippen LogP contribution is 2.10. The van der Waals surface area contributed by atoms with Crippen LogP contribution in [0.5, 0.6) is 0 Å². The predicted octanol–water partition coefficient (Wildman–Crippen LogP) is 1.02. The Morgan fingerprint density at radius 2 is 2.17 bits per heavy atom. The molecule has 94 valence electrons. The third kappa shape index (κ3) is 2.65. The van der Waals surface area contributed by atoms with E-state index < -0.39 is 5.91 Å². The minimum absolute atomic E-state index is 0.101. The lowest BCUT2D eigenvalue weighted by Gasteiger charge is -1.98. The first-order chi connectivity index (χ1) is 8.56. The molecule has 6 heteroatoms. The lowest BCUT2D eigenvalue weighted by Crippen LogP contribution is -2.12. The van der Waals surface area contributed by atoms with Gasteiger partial charge in [0.1, 0.15) is 11.5 Å². The highest BCUT2D eigenvalue weighted by Gasteiger charge is 2.08. The summed E-state index contributed by atoms with van der Waals surface area (Å²) in [5, 5.41) is 4.00. The zero-order valence-corrected chi connectivity index (χ0v) is 9.92. The van der Waals surface area contributed by atoms with E-state index in [-0.39, 0.29) is 11.5 Å². The molecule has 2 N–H and O–H groups in total. The van der Waals surface area contributed by atoms with Gasteiger partial charge in [-0.15, -0.1) is 0 Å². The first-order valence-electron chi connectivity index (χ1n) is 5.49. The zero-order valence-electron chi connectivity index (χ0n) is 9.92. The van der Waals surface area contributed by atoms with Crippen molar-refractivity contribution in [3.05, 3.63) is 41.6 Å². The predicted molar refractivity (Wildman–Crippen MR) is 63.2 cm³/mol. The number of furan rings is 1. The summed E-state index contributed by atoms with van der Waals surface area (Å²) in [6.45, 7) is 2.01. The topological polar surface area (TPSA) is 91.1 Å². The van der Waals surface area contributed by atoms with E-state index in [1.807, 2.05) is 0 Å². The van der Waals surface area contributed by atoms with Gasteiger partial charge in [-0.2, -0.15) is 5.10 Å². The number of ketones is 1. The van der Waals surface area contributed by atoms with Crippen LogP contribution in [0.3, 0.4) is 0 Å². The Kier molecular flexibility index (Phi) is 3.27. The number of rotatable bonds is 5. The summed E-state index contributed by atoms with van der Waals surface area (Å²) in [6.07, 6.45) is 2.27. The number of carbonyl (C=O) groups is 2. The maximum absolute atomic E-state index is 11.0. The molecule has 0 aliphatic heterocycles. The summed E-state index contributed by atoms with van der Waals surface area (Å²) in [4.78, 5) is 21.9. The highest BCUT2D eigenvalue weighted by atomic mass is 16.3. The van der Waals surface area contributed by atoms with E-state index in [2.05, 4.69) is 5.10 Å². The molecule has 0 aliphatic carbocycles.